The molecule has 0 aliphatic rings. The van der Waals surface area contributed by atoms with Crippen LogP contribution in [0.15, 0.2) is 53.6 Å². The van der Waals surface area contributed by atoms with Crippen molar-refractivity contribution < 1.29 is 9.52 Å². The van der Waals surface area contributed by atoms with Crippen molar-refractivity contribution in [1.82, 2.24) is 9.97 Å². The SMILES string of the molecule is OC(c1ccoc1)c1cccc2nccnc12. The third-order valence-corrected chi connectivity index (χ3v) is 2.68. The minimum absolute atomic E-state index is 0.711. The van der Waals surface area contributed by atoms with Gasteiger partial charge in [-0.1, -0.05) is 12.1 Å². The highest BCUT2D eigenvalue weighted by molar-refractivity contribution is 5.78. The lowest BCUT2D eigenvalue weighted by Gasteiger charge is -2.10. The molecule has 4 heteroatoms. The van der Waals surface area contributed by atoms with E-state index >= 15 is 0 Å². The molecule has 17 heavy (non-hydrogen) atoms. The predicted octanol–water partition coefficient (Wildman–Crippen LogP) is 2.30. The number of hydrogen-bond donors (Lipinski definition) is 1. The zero-order valence-electron chi connectivity index (χ0n) is 8.95. The number of hydrogen-bond acceptors (Lipinski definition) is 4. The van der Waals surface area contributed by atoms with Gasteiger partial charge in [0.05, 0.1) is 23.6 Å². The van der Waals surface area contributed by atoms with Crippen LogP contribution in [0.2, 0.25) is 0 Å². The Morgan fingerprint density at radius 2 is 2.00 bits per heavy atom. The summed E-state index contributed by atoms with van der Waals surface area (Å²) in [6.07, 6.45) is 5.58. The number of benzene rings is 1. The summed E-state index contributed by atoms with van der Waals surface area (Å²) in [6.45, 7) is 0. The second-order valence-electron chi connectivity index (χ2n) is 3.73. The Hall–Kier alpha value is -2.20. The highest BCUT2D eigenvalue weighted by Crippen LogP contribution is 2.26. The van der Waals surface area contributed by atoms with Crippen molar-refractivity contribution in [3.8, 4) is 0 Å². The van der Waals surface area contributed by atoms with Crippen LogP contribution in [0.1, 0.15) is 17.2 Å². The fourth-order valence-electron chi connectivity index (χ4n) is 1.85. The lowest BCUT2D eigenvalue weighted by Crippen LogP contribution is -2.00. The van der Waals surface area contributed by atoms with E-state index in [2.05, 4.69) is 9.97 Å². The quantitative estimate of drug-likeness (QED) is 0.728. The van der Waals surface area contributed by atoms with Crippen molar-refractivity contribution in [1.29, 1.82) is 0 Å². The first-order chi connectivity index (χ1) is 8.36. The maximum absolute atomic E-state index is 10.3. The van der Waals surface area contributed by atoms with Crippen molar-refractivity contribution in [2.24, 2.45) is 0 Å². The van der Waals surface area contributed by atoms with Gasteiger partial charge >= 0.3 is 0 Å². The first kappa shape index (κ1) is 9.99. The lowest BCUT2D eigenvalue weighted by molar-refractivity contribution is 0.220. The van der Waals surface area contributed by atoms with Crippen LogP contribution in [0.25, 0.3) is 11.0 Å². The van der Waals surface area contributed by atoms with Crippen LogP contribution in [-0.2, 0) is 0 Å². The third-order valence-electron chi connectivity index (χ3n) is 2.68. The second kappa shape index (κ2) is 3.99. The lowest BCUT2D eigenvalue weighted by atomic mass is 10.0. The average Bonchev–Trinajstić information content (AvgIpc) is 2.91. The highest BCUT2D eigenvalue weighted by Gasteiger charge is 2.15. The van der Waals surface area contributed by atoms with Gasteiger partial charge in [-0.05, 0) is 12.1 Å². The van der Waals surface area contributed by atoms with Crippen molar-refractivity contribution in [3.63, 3.8) is 0 Å². The van der Waals surface area contributed by atoms with Crippen molar-refractivity contribution in [2.45, 2.75) is 6.10 Å². The van der Waals surface area contributed by atoms with E-state index in [0.717, 1.165) is 11.1 Å². The van der Waals surface area contributed by atoms with Gasteiger partial charge in [-0.15, -0.1) is 0 Å². The summed E-state index contributed by atoms with van der Waals surface area (Å²) < 4.78 is 4.97. The van der Waals surface area contributed by atoms with Gasteiger partial charge in [0.15, 0.2) is 0 Å². The summed E-state index contributed by atoms with van der Waals surface area (Å²) in [6, 6.07) is 7.30. The summed E-state index contributed by atoms with van der Waals surface area (Å²) in [7, 11) is 0. The Balaban J connectivity index is 2.17. The minimum Gasteiger partial charge on any atom is -0.472 e. The number of aromatic nitrogens is 2. The Labute approximate surface area is 97.6 Å². The van der Waals surface area contributed by atoms with Gasteiger partial charge in [-0.25, -0.2) is 0 Å². The van der Waals surface area contributed by atoms with Crippen molar-refractivity contribution >= 4 is 11.0 Å². The third kappa shape index (κ3) is 1.68. The first-order valence-electron chi connectivity index (χ1n) is 5.26. The largest absolute Gasteiger partial charge is 0.472 e. The smallest absolute Gasteiger partial charge is 0.109 e. The molecule has 1 unspecified atom stereocenters. The Morgan fingerprint density at radius 3 is 2.82 bits per heavy atom. The van der Waals surface area contributed by atoms with E-state index in [0.29, 0.717) is 11.1 Å². The number of aliphatic hydroxyl groups is 1. The maximum atomic E-state index is 10.3. The van der Waals surface area contributed by atoms with Gasteiger partial charge in [0.2, 0.25) is 0 Å². The van der Waals surface area contributed by atoms with E-state index in [4.69, 9.17) is 4.42 Å². The second-order valence-corrected chi connectivity index (χ2v) is 3.73. The van der Waals surface area contributed by atoms with Crippen LogP contribution in [0, 0.1) is 0 Å². The molecule has 3 aromatic rings. The molecule has 0 aliphatic heterocycles. The molecular formula is C13H10N2O2. The van der Waals surface area contributed by atoms with Crippen LogP contribution >= 0.6 is 0 Å². The van der Waals surface area contributed by atoms with Gasteiger partial charge < -0.3 is 9.52 Å². The fraction of sp³-hybridized carbons (Fsp3) is 0.0769. The van der Waals surface area contributed by atoms with E-state index in [1.54, 1.807) is 18.5 Å². The molecule has 2 aromatic heterocycles. The zero-order valence-corrected chi connectivity index (χ0v) is 8.95. The van der Waals surface area contributed by atoms with Gasteiger partial charge in [-0.2, -0.15) is 0 Å². The molecule has 84 valence electrons. The van der Waals surface area contributed by atoms with E-state index in [1.807, 2.05) is 18.2 Å². The summed E-state index contributed by atoms with van der Waals surface area (Å²) in [5.41, 5.74) is 2.93. The summed E-state index contributed by atoms with van der Waals surface area (Å²) in [5.74, 6) is 0. The zero-order chi connectivity index (χ0) is 11.7. The van der Waals surface area contributed by atoms with Crippen LogP contribution in [0.4, 0.5) is 0 Å². The standard InChI is InChI=1S/C13H10N2O2/c16-13(9-4-7-17-8-9)10-2-1-3-11-12(10)15-6-5-14-11/h1-8,13,16H. The van der Waals surface area contributed by atoms with Crippen LogP contribution in [0.3, 0.4) is 0 Å². The number of furan rings is 1. The molecule has 0 saturated heterocycles. The van der Waals surface area contributed by atoms with Crippen LogP contribution < -0.4 is 0 Å². The molecule has 3 rings (SSSR count). The summed E-state index contributed by atoms with van der Waals surface area (Å²) >= 11 is 0. The molecular weight excluding hydrogens is 216 g/mol. The van der Waals surface area contributed by atoms with Crippen molar-refractivity contribution in [2.75, 3.05) is 0 Å². The van der Waals surface area contributed by atoms with E-state index in [1.165, 1.54) is 12.5 Å². The van der Waals surface area contributed by atoms with Gasteiger partial charge in [0, 0.05) is 23.5 Å². The van der Waals surface area contributed by atoms with Crippen LogP contribution in [-0.4, -0.2) is 15.1 Å². The van der Waals surface area contributed by atoms with E-state index < -0.39 is 6.10 Å². The number of nitrogens with zero attached hydrogens (tertiary/aromatic N) is 2. The molecule has 0 aliphatic carbocycles. The van der Waals surface area contributed by atoms with Gasteiger partial charge in [0.1, 0.15) is 6.10 Å². The minimum atomic E-state index is -0.742. The summed E-state index contributed by atoms with van der Waals surface area (Å²) in [4.78, 5) is 8.47. The molecule has 1 aromatic carbocycles. The predicted molar refractivity (Wildman–Crippen MR) is 62.3 cm³/mol. The first-order valence-corrected chi connectivity index (χ1v) is 5.26. The van der Waals surface area contributed by atoms with Gasteiger partial charge in [-0.3, -0.25) is 9.97 Å². The van der Waals surface area contributed by atoms with Gasteiger partial charge in [0.25, 0.3) is 0 Å². The molecule has 0 fully saturated rings. The normalized spacial score (nSPS) is 12.8. The highest BCUT2D eigenvalue weighted by atomic mass is 16.3. The molecule has 1 atom stereocenters. The van der Waals surface area contributed by atoms with Crippen LogP contribution in [0.5, 0.6) is 0 Å². The molecule has 0 amide bonds. The molecule has 1 N–H and O–H groups in total. The van der Waals surface area contributed by atoms with Crippen molar-refractivity contribution in [3.05, 3.63) is 60.3 Å². The Kier molecular flexibility index (Phi) is 2.34. The monoisotopic (exact) mass is 226 g/mol. The topological polar surface area (TPSA) is 59.2 Å². The molecule has 4 nitrogen and oxygen atoms in total. The Morgan fingerprint density at radius 1 is 1.12 bits per heavy atom. The van der Waals surface area contributed by atoms with E-state index in [9.17, 15) is 5.11 Å². The number of fused-ring (bicyclic) bond motifs is 1. The number of para-hydroxylation sites is 1. The molecule has 0 saturated carbocycles. The molecule has 0 spiro atoms. The Bertz CT molecular complexity index is 629. The molecule has 0 radical (unpaired) electrons. The van der Waals surface area contributed by atoms with E-state index in [-0.39, 0.29) is 0 Å². The maximum Gasteiger partial charge on any atom is 0.109 e. The number of rotatable bonds is 2. The fourth-order valence-corrected chi connectivity index (χ4v) is 1.85. The molecule has 0 bridgehead atoms. The average molecular weight is 226 g/mol. The number of aliphatic hydroxyl groups excluding tert-OH is 1. The molecule has 2 heterocycles. The summed E-state index contributed by atoms with van der Waals surface area (Å²) in [5, 5.41) is 10.3.